The number of imidazole rings is 1. The zero-order chi connectivity index (χ0) is 15.2. The van der Waals surface area contributed by atoms with Gasteiger partial charge in [-0.05, 0) is 38.3 Å². The van der Waals surface area contributed by atoms with Gasteiger partial charge in [-0.3, -0.25) is 0 Å². The number of anilines is 2. The van der Waals surface area contributed by atoms with Crippen molar-refractivity contribution in [3.63, 3.8) is 0 Å². The maximum absolute atomic E-state index is 4.62. The molecule has 1 aromatic heterocycles. The van der Waals surface area contributed by atoms with Crippen LogP contribution >= 0.6 is 0 Å². The first kappa shape index (κ1) is 15.6. The fourth-order valence-corrected chi connectivity index (χ4v) is 2.56. The Labute approximate surface area is 128 Å². The molecule has 2 rings (SSSR count). The second-order valence-electron chi connectivity index (χ2n) is 6.28. The molecule has 0 spiro atoms. The zero-order valence-corrected chi connectivity index (χ0v) is 13.6. The first-order chi connectivity index (χ1) is 10.1. The minimum atomic E-state index is 0.469. The van der Waals surface area contributed by atoms with Crippen molar-refractivity contribution in [1.29, 1.82) is 0 Å². The number of rotatable bonds is 7. The summed E-state index contributed by atoms with van der Waals surface area (Å²) in [5.74, 6) is 1.72. The predicted molar refractivity (Wildman–Crippen MR) is 90.1 cm³/mol. The van der Waals surface area contributed by atoms with E-state index in [9.17, 15) is 0 Å². The van der Waals surface area contributed by atoms with E-state index in [1.807, 2.05) is 25.1 Å². The van der Waals surface area contributed by atoms with Crippen molar-refractivity contribution in [2.24, 2.45) is 5.92 Å². The Morgan fingerprint density at radius 2 is 1.81 bits per heavy atom. The lowest BCUT2D eigenvalue weighted by atomic mass is 10.0. The SMILES string of the molecule is Cc1cn(C(C)CCCC(C)C)c(Nc2ccccc2)n1. The summed E-state index contributed by atoms with van der Waals surface area (Å²) >= 11 is 0. The predicted octanol–water partition coefficient (Wildman–Crippen LogP) is 5.32. The van der Waals surface area contributed by atoms with Crippen molar-refractivity contribution in [2.45, 2.75) is 53.0 Å². The fourth-order valence-electron chi connectivity index (χ4n) is 2.56. The molecule has 3 nitrogen and oxygen atoms in total. The van der Waals surface area contributed by atoms with Crippen molar-refractivity contribution in [2.75, 3.05) is 5.32 Å². The molecule has 1 N–H and O–H groups in total. The highest BCUT2D eigenvalue weighted by molar-refractivity contribution is 5.53. The van der Waals surface area contributed by atoms with Gasteiger partial charge >= 0.3 is 0 Å². The monoisotopic (exact) mass is 285 g/mol. The Hall–Kier alpha value is -1.77. The average Bonchev–Trinajstić information content (AvgIpc) is 2.80. The van der Waals surface area contributed by atoms with E-state index in [1.54, 1.807) is 0 Å². The van der Waals surface area contributed by atoms with Crippen LogP contribution in [-0.2, 0) is 0 Å². The first-order valence-electron chi connectivity index (χ1n) is 7.94. The van der Waals surface area contributed by atoms with Crippen molar-refractivity contribution < 1.29 is 0 Å². The Morgan fingerprint density at radius 1 is 1.10 bits per heavy atom. The highest BCUT2D eigenvalue weighted by atomic mass is 15.2. The van der Waals surface area contributed by atoms with Gasteiger partial charge in [-0.25, -0.2) is 4.98 Å². The highest BCUT2D eigenvalue weighted by Gasteiger charge is 2.12. The quantitative estimate of drug-likeness (QED) is 0.746. The Morgan fingerprint density at radius 3 is 2.48 bits per heavy atom. The molecule has 21 heavy (non-hydrogen) atoms. The van der Waals surface area contributed by atoms with Crippen LogP contribution in [0.4, 0.5) is 11.6 Å². The summed E-state index contributed by atoms with van der Waals surface area (Å²) in [7, 11) is 0. The largest absolute Gasteiger partial charge is 0.326 e. The maximum Gasteiger partial charge on any atom is 0.207 e. The van der Waals surface area contributed by atoms with Crippen LogP contribution in [0, 0.1) is 12.8 Å². The normalized spacial score (nSPS) is 12.6. The lowest BCUT2D eigenvalue weighted by molar-refractivity contribution is 0.450. The van der Waals surface area contributed by atoms with Gasteiger partial charge in [-0.15, -0.1) is 0 Å². The number of benzene rings is 1. The van der Waals surface area contributed by atoms with E-state index in [1.165, 1.54) is 19.3 Å². The van der Waals surface area contributed by atoms with Crippen LogP contribution in [0.15, 0.2) is 36.5 Å². The van der Waals surface area contributed by atoms with Crippen molar-refractivity contribution in [3.05, 3.63) is 42.2 Å². The standard InChI is InChI=1S/C18H27N3/c1-14(2)9-8-10-16(4)21-13-15(3)19-18(21)20-17-11-6-5-7-12-17/h5-7,11-14,16H,8-10H2,1-4H3,(H,19,20). The van der Waals surface area contributed by atoms with Gasteiger partial charge in [0.25, 0.3) is 0 Å². The molecule has 0 fully saturated rings. The summed E-state index contributed by atoms with van der Waals surface area (Å²) in [6, 6.07) is 10.7. The van der Waals surface area contributed by atoms with E-state index in [2.05, 4.69) is 54.0 Å². The van der Waals surface area contributed by atoms with Gasteiger partial charge in [0.05, 0.1) is 5.69 Å². The molecule has 0 saturated heterocycles. The molecular formula is C18H27N3. The lowest BCUT2D eigenvalue weighted by Gasteiger charge is -2.17. The van der Waals surface area contributed by atoms with E-state index < -0.39 is 0 Å². The molecule has 0 radical (unpaired) electrons. The van der Waals surface area contributed by atoms with E-state index in [0.717, 1.165) is 23.2 Å². The van der Waals surface area contributed by atoms with E-state index in [4.69, 9.17) is 0 Å². The lowest BCUT2D eigenvalue weighted by Crippen LogP contribution is -2.08. The molecule has 0 saturated carbocycles. The molecule has 0 aliphatic carbocycles. The number of aryl methyl sites for hydroxylation is 1. The third-order valence-electron chi connectivity index (χ3n) is 3.76. The molecule has 3 heteroatoms. The van der Waals surface area contributed by atoms with Crippen LogP contribution in [0.3, 0.4) is 0 Å². The van der Waals surface area contributed by atoms with Crippen LogP contribution < -0.4 is 5.32 Å². The van der Waals surface area contributed by atoms with Crippen LogP contribution in [0.2, 0.25) is 0 Å². The summed E-state index contributed by atoms with van der Waals surface area (Å²) in [6.45, 7) is 8.90. The molecule has 114 valence electrons. The molecule has 1 heterocycles. The summed E-state index contributed by atoms with van der Waals surface area (Å²) in [5.41, 5.74) is 2.14. The van der Waals surface area contributed by atoms with Gasteiger partial charge in [0.15, 0.2) is 0 Å². The van der Waals surface area contributed by atoms with Gasteiger partial charge in [-0.2, -0.15) is 0 Å². The van der Waals surface area contributed by atoms with Crippen LogP contribution in [0.5, 0.6) is 0 Å². The zero-order valence-electron chi connectivity index (χ0n) is 13.6. The fraction of sp³-hybridized carbons (Fsp3) is 0.500. The third-order valence-corrected chi connectivity index (χ3v) is 3.76. The highest BCUT2D eigenvalue weighted by Crippen LogP contribution is 2.24. The van der Waals surface area contributed by atoms with Gasteiger partial charge in [0, 0.05) is 17.9 Å². The van der Waals surface area contributed by atoms with Gasteiger partial charge < -0.3 is 9.88 Å². The first-order valence-corrected chi connectivity index (χ1v) is 7.94. The smallest absolute Gasteiger partial charge is 0.207 e. The number of aromatic nitrogens is 2. The van der Waals surface area contributed by atoms with Crippen molar-refractivity contribution in [3.8, 4) is 0 Å². The van der Waals surface area contributed by atoms with Crippen LogP contribution in [-0.4, -0.2) is 9.55 Å². The number of hydrogen-bond donors (Lipinski definition) is 1. The second-order valence-corrected chi connectivity index (χ2v) is 6.28. The van der Waals surface area contributed by atoms with Gasteiger partial charge in [-0.1, -0.05) is 44.9 Å². The summed E-state index contributed by atoms with van der Waals surface area (Å²) in [6.07, 6.45) is 5.89. The molecule has 0 aliphatic heterocycles. The molecule has 0 bridgehead atoms. The molecule has 1 atom stereocenters. The maximum atomic E-state index is 4.62. The van der Waals surface area contributed by atoms with Gasteiger partial charge in [0.1, 0.15) is 0 Å². The number of nitrogens with zero attached hydrogens (tertiary/aromatic N) is 2. The summed E-state index contributed by atoms with van der Waals surface area (Å²) < 4.78 is 2.27. The third kappa shape index (κ3) is 4.62. The van der Waals surface area contributed by atoms with Gasteiger partial charge in [0.2, 0.25) is 5.95 Å². The second kappa shape index (κ2) is 7.30. The molecule has 0 aliphatic rings. The van der Waals surface area contributed by atoms with Crippen LogP contribution in [0.1, 0.15) is 51.8 Å². The molecule has 2 aromatic rings. The number of hydrogen-bond acceptors (Lipinski definition) is 2. The van der Waals surface area contributed by atoms with Crippen LogP contribution in [0.25, 0.3) is 0 Å². The van der Waals surface area contributed by atoms with Crippen molar-refractivity contribution >= 4 is 11.6 Å². The van der Waals surface area contributed by atoms with E-state index >= 15 is 0 Å². The molecule has 0 amide bonds. The van der Waals surface area contributed by atoms with E-state index in [0.29, 0.717) is 6.04 Å². The minimum absolute atomic E-state index is 0.469. The Kier molecular flexibility index (Phi) is 5.43. The number of para-hydroxylation sites is 1. The molecule has 1 unspecified atom stereocenters. The number of nitrogens with one attached hydrogen (secondary N) is 1. The minimum Gasteiger partial charge on any atom is -0.326 e. The summed E-state index contributed by atoms with van der Waals surface area (Å²) in [5, 5.41) is 3.43. The molecule has 1 aromatic carbocycles. The Balaban J connectivity index is 2.05. The topological polar surface area (TPSA) is 29.9 Å². The van der Waals surface area contributed by atoms with Crippen molar-refractivity contribution in [1.82, 2.24) is 9.55 Å². The molecular weight excluding hydrogens is 258 g/mol. The summed E-state index contributed by atoms with van der Waals surface area (Å²) in [4.78, 5) is 4.62. The van der Waals surface area contributed by atoms with E-state index in [-0.39, 0.29) is 0 Å². The Bertz CT molecular complexity index is 543. The average molecular weight is 285 g/mol.